The van der Waals surface area contributed by atoms with Crippen LogP contribution in [0.4, 0.5) is 9.59 Å². The monoisotopic (exact) mass is 268 g/mol. The Hall–Kier alpha value is -2.16. The number of hydrogen-bond donors (Lipinski definition) is 4. The highest BCUT2D eigenvalue weighted by atomic mass is 16.5. The lowest BCUT2D eigenvalue weighted by Gasteiger charge is -2.43. The van der Waals surface area contributed by atoms with E-state index in [1.165, 1.54) is 13.8 Å². The number of nitrogens with one attached hydrogen (secondary N) is 4. The Bertz CT molecular complexity index is 488. The van der Waals surface area contributed by atoms with Crippen LogP contribution in [0.1, 0.15) is 13.8 Å². The minimum absolute atomic E-state index is 0.613. The van der Waals surface area contributed by atoms with Crippen molar-refractivity contribution in [3.8, 4) is 0 Å². The van der Waals surface area contributed by atoms with E-state index in [0.29, 0.717) is 0 Å². The standard InChI is InChI=1S/C10H12N4O5/c1-9-3(15)11-7(17)13-5(9)19-6-10(9,2)4(16)12-8(18)14-6/h5-6H,1-2H3,(H2,11,13,15,17)(H2,12,14,16,18)/t5-,6-,9+,10+/m0/s1. The van der Waals surface area contributed by atoms with Crippen LogP contribution in [0, 0.1) is 10.8 Å². The highest BCUT2D eigenvalue weighted by Gasteiger charge is 2.72. The van der Waals surface area contributed by atoms with E-state index in [4.69, 9.17) is 4.74 Å². The summed E-state index contributed by atoms with van der Waals surface area (Å²) in [5.74, 6) is -1.23. The van der Waals surface area contributed by atoms with Gasteiger partial charge in [-0.2, -0.15) is 0 Å². The molecule has 9 heteroatoms. The smallest absolute Gasteiger partial charge is 0.323 e. The van der Waals surface area contributed by atoms with Gasteiger partial charge in [0.1, 0.15) is 23.3 Å². The molecule has 0 bridgehead atoms. The summed E-state index contributed by atoms with van der Waals surface area (Å²) < 4.78 is 5.47. The number of carbonyl (C=O) groups is 4. The summed E-state index contributed by atoms with van der Waals surface area (Å²) in [6.45, 7) is 3.03. The molecule has 3 fully saturated rings. The SMILES string of the molecule is C[C@@]12C(=O)NC(=O)N[C@H]1O[C@@H]1NC(=O)NC(=O)[C@]12C. The number of amides is 6. The van der Waals surface area contributed by atoms with Gasteiger partial charge in [0.25, 0.3) is 0 Å². The van der Waals surface area contributed by atoms with Crippen LogP contribution in [-0.2, 0) is 14.3 Å². The van der Waals surface area contributed by atoms with E-state index in [2.05, 4.69) is 21.3 Å². The molecule has 3 heterocycles. The summed E-state index contributed by atoms with van der Waals surface area (Å²) in [5, 5.41) is 9.12. The second kappa shape index (κ2) is 3.23. The summed E-state index contributed by atoms with van der Waals surface area (Å²) in [5.41, 5.74) is -2.63. The van der Waals surface area contributed by atoms with Gasteiger partial charge < -0.3 is 15.4 Å². The zero-order valence-corrected chi connectivity index (χ0v) is 10.2. The lowest BCUT2D eigenvalue weighted by Crippen LogP contribution is -2.71. The third kappa shape index (κ3) is 1.17. The molecule has 19 heavy (non-hydrogen) atoms. The number of ether oxygens (including phenoxy) is 1. The lowest BCUT2D eigenvalue weighted by molar-refractivity contribution is -0.150. The van der Waals surface area contributed by atoms with Gasteiger partial charge in [-0.1, -0.05) is 0 Å². The van der Waals surface area contributed by atoms with Gasteiger partial charge in [0, 0.05) is 0 Å². The average Bonchev–Trinajstić information content (AvgIpc) is 2.52. The van der Waals surface area contributed by atoms with Crippen molar-refractivity contribution in [1.29, 1.82) is 0 Å². The Kier molecular flexibility index (Phi) is 2.03. The Morgan fingerprint density at radius 3 is 1.58 bits per heavy atom. The Labute approximate surface area is 107 Å². The van der Waals surface area contributed by atoms with Crippen LogP contribution < -0.4 is 21.3 Å². The summed E-state index contributed by atoms with van der Waals surface area (Å²) in [6, 6.07) is -1.39. The summed E-state index contributed by atoms with van der Waals surface area (Å²) in [6.07, 6.45) is -1.96. The van der Waals surface area contributed by atoms with Crippen molar-refractivity contribution < 1.29 is 23.9 Å². The first-order valence-corrected chi connectivity index (χ1v) is 5.69. The van der Waals surface area contributed by atoms with Crippen LogP contribution in [0.2, 0.25) is 0 Å². The molecule has 4 atom stereocenters. The quantitative estimate of drug-likeness (QED) is 0.419. The van der Waals surface area contributed by atoms with Gasteiger partial charge in [0.2, 0.25) is 11.8 Å². The van der Waals surface area contributed by atoms with Crippen molar-refractivity contribution in [2.75, 3.05) is 0 Å². The molecule has 0 saturated carbocycles. The highest BCUT2D eigenvalue weighted by Crippen LogP contribution is 2.53. The minimum atomic E-state index is -1.32. The van der Waals surface area contributed by atoms with E-state index in [1.54, 1.807) is 0 Å². The van der Waals surface area contributed by atoms with Crippen LogP contribution >= 0.6 is 0 Å². The molecule has 0 aromatic heterocycles. The third-order valence-electron chi connectivity index (χ3n) is 4.32. The van der Waals surface area contributed by atoms with E-state index in [9.17, 15) is 19.2 Å². The van der Waals surface area contributed by atoms with Crippen molar-refractivity contribution in [1.82, 2.24) is 21.3 Å². The van der Waals surface area contributed by atoms with Crippen LogP contribution in [0.15, 0.2) is 0 Å². The van der Waals surface area contributed by atoms with E-state index < -0.39 is 47.2 Å². The second-order valence-electron chi connectivity index (χ2n) is 5.16. The van der Waals surface area contributed by atoms with Crippen molar-refractivity contribution >= 4 is 23.9 Å². The number of hydrogen-bond acceptors (Lipinski definition) is 5. The number of fused-ring (bicyclic) bond motifs is 3. The maximum Gasteiger partial charge on any atom is 0.323 e. The molecular weight excluding hydrogens is 256 g/mol. The molecular formula is C10H12N4O5. The van der Waals surface area contributed by atoms with Crippen molar-refractivity contribution in [3.05, 3.63) is 0 Å². The molecule has 0 radical (unpaired) electrons. The molecule has 4 N–H and O–H groups in total. The zero-order chi connectivity index (χ0) is 14.0. The van der Waals surface area contributed by atoms with Crippen molar-refractivity contribution in [2.45, 2.75) is 26.3 Å². The van der Waals surface area contributed by atoms with Gasteiger partial charge in [0.15, 0.2) is 0 Å². The predicted octanol–water partition coefficient (Wildman–Crippen LogP) is -1.64. The van der Waals surface area contributed by atoms with Crippen LogP contribution in [-0.4, -0.2) is 36.3 Å². The molecule has 0 unspecified atom stereocenters. The van der Waals surface area contributed by atoms with Crippen molar-refractivity contribution in [3.63, 3.8) is 0 Å². The molecule has 3 rings (SSSR count). The molecule has 3 saturated heterocycles. The van der Waals surface area contributed by atoms with Gasteiger partial charge in [-0.3, -0.25) is 20.2 Å². The topological polar surface area (TPSA) is 126 Å². The van der Waals surface area contributed by atoms with E-state index in [-0.39, 0.29) is 0 Å². The fourth-order valence-electron chi connectivity index (χ4n) is 2.80. The molecule has 0 aliphatic carbocycles. The van der Waals surface area contributed by atoms with Crippen LogP contribution in [0.3, 0.4) is 0 Å². The van der Waals surface area contributed by atoms with Crippen LogP contribution in [0.25, 0.3) is 0 Å². The second-order valence-corrected chi connectivity index (χ2v) is 5.16. The average molecular weight is 268 g/mol. The maximum absolute atomic E-state index is 12.2. The van der Waals surface area contributed by atoms with Gasteiger partial charge >= 0.3 is 12.1 Å². The van der Waals surface area contributed by atoms with E-state index in [1.807, 2.05) is 0 Å². The highest BCUT2D eigenvalue weighted by molar-refractivity contribution is 6.08. The van der Waals surface area contributed by atoms with Gasteiger partial charge in [-0.15, -0.1) is 0 Å². The molecule has 3 aliphatic rings. The first-order valence-electron chi connectivity index (χ1n) is 5.69. The number of carbonyl (C=O) groups excluding carboxylic acids is 4. The van der Waals surface area contributed by atoms with E-state index >= 15 is 0 Å². The Morgan fingerprint density at radius 1 is 0.842 bits per heavy atom. The normalized spacial score (nSPS) is 44.5. The largest absolute Gasteiger partial charge is 0.333 e. The number of rotatable bonds is 0. The fraction of sp³-hybridized carbons (Fsp3) is 0.600. The molecule has 9 nitrogen and oxygen atoms in total. The Morgan fingerprint density at radius 2 is 1.21 bits per heavy atom. The number of urea groups is 2. The molecule has 102 valence electrons. The summed E-state index contributed by atoms with van der Waals surface area (Å²) in [4.78, 5) is 46.9. The van der Waals surface area contributed by atoms with Gasteiger partial charge in [-0.25, -0.2) is 9.59 Å². The molecule has 6 amide bonds. The summed E-state index contributed by atoms with van der Waals surface area (Å²) in [7, 11) is 0. The summed E-state index contributed by atoms with van der Waals surface area (Å²) >= 11 is 0. The Balaban J connectivity index is 2.11. The van der Waals surface area contributed by atoms with Crippen molar-refractivity contribution in [2.24, 2.45) is 10.8 Å². The molecule has 0 spiro atoms. The maximum atomic E-state index is 12.2. The first-order chi connectivity index (χ1) is 8.80. The molecule has 0 aromatic rings. The first kappa shape index (κ1) is 11.9. The third-order valence-corrected chi connectivity index (χ3v) is 4.32. The zero-order valence-electron chi connectivity index (χ0n) is 10.2. The molecule has 0 aromatic carbocycles. The fourth-order valence-corrected chi connectivity index (χ4v) is 2.80. The van der Waals surface area contributed by atoms with Gasteiger partial charge in [-0.05, 0) is 13.8 Å². The van der Waals surface area contributed by atoms with E-state index in [0.717, 1.165) is 0 Å². The lowest BCUT2D eigenvalue weighted by atomic mass is 9.62. The predicted molar refractivity (Wildman–Crippen MR) is 58.2 cm³/mol. The molecule has 3 aliphatic heterocycles. The van der Waals surface area contributed by atoms with Crippen LogP contribution in [0.5, 0.6) is 0 Å². The minimum Gasteiger partial charge on any atom is -0.333 e. The number of imide groups is 2. The van der Waals surface area contributed by atoms with Gasteiger partial charge in [0.05, 0.1) is 0 Å².